The molecule has 0 aliphatic carbocycles. The molecular formula is C97H133Cl2N11O20. The number of aromatic nitrogens is 6. The first-order chi connectivity index (χ1) is 60.9. The number of ether oxygens (including phenoxy) is 11. The summed E-state index contributed by atoms with van der Waals surface area (Å²) in [5.41, 5.74) is 0.368. The van der Waals surface area contributed by atoms with Crippen LogP contribution in [-0.4, -0.2) is 235 Å². The first-order valence-electron chi connectivity index (χ1n) is 44.6. The lowest BCUT2D eigenvalue weighted by Gasteiger charge is -2.35. The number of esters is 5. The first-order valence-corrected chi connectivity index (χ1v) is 45.3. The number of likely N-dealkylation sites (tertiary alicyclic amines) is 4. The molecule has 3 aromatic carbocycles. The van der Waals surface area contributed by atoms with E-state index in [1.165, 1.54) is 23.6 Å². The molecule has 11 rings (SSSR count). The fourth-order valence-electron chi connectivity index (χ4n) is 16.9. The van der Waals surface area contributed by atoms with Gasteiger partial charge in [-0.25, -0.2) is 39.5 Å². The van der Waals surface area contributed by atoms with Crippen molar-refractivity contribution in [3.8, 4) is 34.9 Å². The fourth-order valence-corrected chi connectivity index (χ4v) is 17.3. The average Bonchev–Trinajstić information content (AvgIpc) is 1.61. The number of carbonyl (C=O) groups excluding carboxylic acids is 9. The van der Waals surface area contributed by atoms with Crippen LogP contribution in [0.3, 0.4) is 0 Å². The van der Waals surface area contributed by atoms with E-state index < -0.39 is 124 Å². The summed E-state index contributed by atoms with van der Waals surface area (Å²) >= 11 is 12.8. The van der Waals surface area contributed by atoms with Gasteiger partial charge in [-0.3, -0.25) is 33.6 Å². The number of halogens is 2. The molecule has 3 aromatic heterocycles. The topological polar surface area (TPSA) is 357 Å². The molecule has 1 N–H and O–H groups in total. The maximum atomic E-state index is 14.7. The van der Waals surface area contributed by atoms with Crippen molar-refractivity contribution >= 4 is 116 Å². The molecule has 5 fully saturated rings. The Bertz CT molecular complexity index is 5100. The summed E-state index contributed by atoms with van der Waals surface area (Å²) in [5, 5.41) is 3.38. The molecule has 130 heavy (non-hydrogen) atoms. The molecule has 15 atom stereocenters. The van der Waals surface area contributed by atoms with Gasteiger partial charge in [0.2, 0.25) is 29.5 Å². The van der Waals surface area contributed by atoms with Gasteiger partial charge in [0.15, 0.2) is 10.3 Å². The number of unbranched alkanes of at least 4 members (excludes halogenated alkanes) is 2. The summed E-state index contributed by atoms with van der Waals surface area (Å²) in [6.07, 6.45) is 7.79. The van der Waals surface area contributed by atoms with Gasteiger partial charge in [0.05, 0.1) is 104 Å². The lowest BCUT2D eigenvalue weighted by molar-refractivity contribution is -0.167. The van der Waals surface area contributed by atoms with Crippen LogP contribution < -0.4 is 33.7 Å². The summed E-state index contributed by atoms with van der Waals surface area (Å²) < 4.78 is 63.9. The van der Waals surface area contributed by atoms with Crippen molar-refractivity contribution in [3.63, 3.8) is 0 Å². The second kappa shape index (κ2) is 43.7. The van der Waals surface area contributed by atoms with Gasteiger partial charge in [-0.05, 0) is 154 Å². The van der Waals surface area contributed by atoms with Crippen molar-refractivity contribution in [2.24, 2.45) is 40.4 Å². The number of methoxy groups -OCH3 is 3. The third-order valence-corrected chi connectivity index (χ3v) is 24.3. The zero-order valence-corrected chi connectivity index (χ0v) is 81.2. The second-order valence-corrected chi connectivity index (χ2v) is 39.8. The van der Waals surface area contributed by atoms with E-state index in [1.54, 1.807) is 133 Å². The number of allylic oxidation sites excluding steroid dienone is 2. The molecule has 6 aromatic rings. The summed E-state index contributed by atoms with van der Waals surface area (Å²) in [5.74, 6) is -3.88. The standard InChI is InChI=1S/C40H56N4O8.C38H53ClN4O8.C19H24ClN3O4/c1-12-14-15-16-31-32(19-20-43(31)25(4)45)50-34(46)22-27(39(5,6)7)37(47)44-23-33(24(3)35(44)38(48)52-40(8,9)10)51-36-28(13-2)41-29-18-17-26(49-11)21-30(29)42-36;1-11-12-13-14-28-29(17-18-42(28)23(3)44)49-31(45)20-25(37(4,5)6)35(46)43-21-30(22(2)32(43)36(47)51-38(7,8)9)50-34-33(39)40-26-16-15-24(48-10)19-27(26)41-34;1-10-14(9-21-15(10)18(24)27-19(2,3)4)26-17-16(20)22-12-7-6-11(25-5)8-13(12)23-17/h12-13,17-18,21,24,27,31-33,35H,1-2,14-16,19-20,22-23H2,3-11H3;11,15-16,19,22,25,28-30,32H,1,12-14,17-18,20-21H2,2-10H3;6-8,10,14-15,21H,9H2,1-5H3/t24-,27-,31+,32-,33+,35+;22-,25-,28+,29-,30+,32+;10-,14+,15+/m111/s1. The number of benzene rings is 3. The van der Waals surface area contributed by atoms with Gasteiger partial charge in [-0.1, -0.05) is 104 Å². The minimum absolute atomic E-state index is 0.0151. The predicted octanol–water partition coefficient (Wildman–Crippen LogP) is 15.3. The van der Waals surface area contributed by atoms with Gasteiger partial charge < -0.3 is 77.0 Å². The minimum atomic E-state index is -1.01. The van der Waals surface area contributed by atoms with E-state index in [2.05, 4.69) is 50.0 Å². The highest BCUT2D eigenvalue weighted by Crippen LogP contribution is 2.43. The molecule has 5 aliphatic rings. The van der Waals surface area contributed by atoms with Crippen molar-refractivity contribution in [3.05, 3.63) is 102 Å². The fraction of sp³-hybridized carbons (Fsp3) is 0.598. The number of carbonyl (C=O) groups is 9. The lowest BCUT2D eigenvalue weighted by Crippen LogP contribution is -2.50. The van der Waals surface area contributed by atoms with Gasteiger partial charge in [-0.2, -0.15) is 0 Å². The van der Waals surface area contributed by atoms with Crippen molar-refractivity contribution in [1.29, 1.82) is 0 Å². The number of nitrogens with zero attached hydrogens (tertiary/aromatic N) is 10. The van der Waals surface area contributed by atoms with Crippen molar-refractivity contribution in [1.82, 2.24) is 54.8 Å². The number of fused-ring (bicyclic) bond motifs is 3. The highest BCUT2D eigenvalue weighted by atomic mass is 35.5. The van der Waals surface area contributed by atoms with Crippen LogP contribution in [-0.2, 0) is 66.8 Å². The molecular weight excluding hydrogens is 1710 g/mol. The van der Waals surface area contributed by atoms with E-state index in [0.717, 1.165) is 25.7 Å². The molecule has 710 valence electrons. The van der Waals surface area contributed by atoms with Crippen LogP contribution in [0.2, 0.25) is 10.3 Å². The van der Waals surface area contributed by atoms with Gasteiger partial charge in [0.25, 0.3) is 11.8 Å². The molecule has 33 heteroatoms. The van der Waals surface area contributed by atoms with Crippen molar-refractivity contribution in [2.75, 3.05) is 54.1 Å². The summed E-state index contributed by atoms with van der Waals surface area (Å²) in [7, 11) is 4.70. The van der Waals surface area contributed by atoms with Gasteiger partial charge in [-0.15, -0.1) is 13.2 Å². The molecule has 0 spiro atoms. The third-order valence-electron chi connectivity index (χ3n) is 23.8. The molecule has 5 aliphatic heterocycles. The number of amides is 4. The zero-order valence-electron chi connectivity index (χ0n) is 79.7. The van der Waals surface area contributed by atoms with Crippen LogP contribution in [0.25, 0.3) is 39.2 Å². The molecule has 0 bridgehead atoms. The summed E-state index contributed by atoms with van der Waals surface area (Å²) in [4.78, 5) is 155. The van der Waals surface area contributed by atoms with Crippen LogP contribution >= 0.6 is 23.2 Å². The van der Waals surface area contributed by atoms with Crippen LogP contribution in [0.15, 0.2) is 86.5 Å². The number of hydrogen-bond acceptors (Lipinski definition) is 27. The van der Waals surface area contributed by atoms with E-state index in [0.29, 0.717) is 101 Å². The van der Waals surface area contributed by atoms with Crippen LogP contribution in [0, 0.1) is 40.4 Å². The largest absolute Gasteiger partial charge is 0.497 e. The predicted molar refractivity (Wildman–Crippen MR) is 494 cm³/mol. The molecule has 8 heterocycles. The van der Waals surface area contributed by atoms with Gasteiger partial charge in [0.1, 0.15) is 88.4 Å². The van der Waals surface area contributed by atoms with Crippen molar-refractivity contribution in [2.45, 2.75) is 280 Å². The summed E-state index contributed by atoms with van der Waals surface area (Å²) in [6.45, 7) is 49.1. The second-order valence-electron chi connectivity index (χ2n) is 39.1. The third kappa shape index (κ3) is 26.7. The van der Waals surface area contributed by atoms with Gasteiger partial charge in [0, 0.05) is 82.3 Å². The van der Waals surface area contributed by atoms with Crippen LogP contribution in [0.1, 0.15) is 208 Å². The molecule has 31 nitrogen and oxygen atoms in total. The molecule has 0 unspecified atom stereocenters. The van der Waals surface area contributed by atoms with Crippen LogP contribution in [0.4, 0.5) is 0 Å². The highest BCUT2D eigenvalue weighted by Gasteiger charge is 2.55. The van der Waals surface area contributed by atoms with E-state index in [1.807, 2.05) is 95.2 Å². The Balaban J connectivity index is 0.000000230. The monoisotopic (exact) mass is 1840 g/mol. The highest BCUT2D eigenvalue weighted by molar-refractivity contribution is 6.31. The molecule has 5 saturated heterocycles. The van der Waals surface area contributed by atoms with Gasteiger partial charge >= 0.3 is 29.8 Å². The van der Waals surface area contributed by atoms with E-state index in [9.17, 15) is 43.2 Å². The van der Waals surface area contributed by atoms with E-state index >= 15 is 0 Å². The van der Waals surface area contributed by atoms with Crippen LogP contribution in [0.5, 0.6) is 34.9 Å². The zero-order chi connectivity index (χ0) is 96.1. The smallest absolute Gasteiger partial charge is 0.329 e. The SMILES string of the molecule is C=CCCC[C@H]1[C@H](OC(=O)C[C@H](C(=O)N2C[C@H](Oc3nc4cc(OC)ccc4nc3C=C)[C@@H](C)[C@H]2C(=O)OC(C)(C)C)C(C)(C)C)CCN1C(C)=O.C=CCCC[C@H]1[C@H](OC(=O)C[C@H](C(=O)N2C[C@H](Oc3nc4cc(OC)ccc4nc3Cl)[C@@H](C)[C@H]2C(=O)OC(C)(C)C)C(C)(C)C)CCN1C(C)=O.COc1ccc2nc(Cl)c(O[C@H]3CN[C@H](C(=O)OC(C)(C)C)[C@@H]3C)nc2c1. The maximum Gasteiger partial charge on any atom is 0.329 e. The Morgan fingerprint density at radius 3 is 1.16 bits per heavy atom. The Hall–Kier alpha value is -10.5. The Morgan fingerprint density at radius 2 is 0.815 bits per heavy atom. The minimum Gasteiger partial charge on any atom is -0.497 e. The molecule has 0 radical (unpaired) electrons. The first kappa shape index (κ1) is 103. The number of nitrogens with one attached hydrogen (secondary N) is 1. The molecule has 0 saturated carbocycles. The quantitative estimate of drug-likeness (QED) is 0.0197. The normalized spacial score (nSPS) is 22.7. The van der Waals surface area contributed by atoms with Crippen molar-refractivity contribution < 1.29 is 95.3 Å². The Morgan fingerprint density at radius 1 is 0.462 bits per heavy atom. The molecule has 4 amide bonds. The van der Waals surface area contributed by atoms with E-state index in [4.69, 9.17) is 80.3 Å². The van der Waals surface area contributed by atoms with E-state index in [-0.39, 0.29) is 102 Å². The Labute approximate surface area is 773 Å². The summed E-state index contributed by atoms with van der Waals surface area (Å²) in [6, 6.07) is 13.0. The number of hydrogen-bond donors (Lipinski definition) is 1. The lowest BCUT2D eigenvalue weighted by atomic mass is 9.77. The maximum absolute atomic E-state index is 14.7. The number of rotatable bonds is 29. The Kier molecular flexibility index (Phi) is 34.7. The average molecular weight is 1840 g/mol.